The molecule has 4 heteroatoms. The molecule has 0 saturated heterocycles. The molecule has 17 heavy (non-hydrogen) atoms. The van der Waals surface area contributed by atoms with Crippen LogP contribution in [0.4, 0.5) is 0 Å². The van der Waals surface area contributed by atoms with Crippen LogP contribution in [-0.2, 0) is 4.79 Å². The molecule has 1 fully saturated rings. The number of carbonyl (C=O) groups excluding carboxylic acids is 1. The van der Waals surface area contributed by atoms with Crippen molar-refractivity contribution in [2.24, 2.45) is 11.7 Å². The van der Waals surface area contributed by atoms with Gasteiger partial charge in [0.25, 0.3) is 0 Å². The molecule has 0 radical (unpaired) electrons. The lowest BCUT2D eigenvalue weighted by Gasteiger charge is -2.27. The molecule has 2 N–H and O–H groups in total. The van der Waals surface area contributed by atoms with E-state index in [1.807, 2.05) is 22.4 Å². The van der Waals surface area contributed by atoms with Gasteiger partial charge in [0.1, 0.15) is 6.04 Å². The minimum atomic E-state index is -0.477. The number of hydrogen-bond acceptors (Lipinski definition) is 3. The molecule has 2 rings (SSSR count). The van der Waals surface area contributed by atoms with Gasteiger partial charge in [-0.05, 0) is 30.2 Å². The molecule has 0 aliphatic heterocycles. The van der Waals surface area contributed by atoms with E-state index in [4.69, 9.17) is 5.73 Å². The van der Waals surface area contributed by atoms with Crippen molar-refractivity contribution < 1.29 is 4.79 Å². The van der Waals surface area contributed by atoms with E-state index in [1.165, 1.54) is 0 Å². The summed E-state index contributed by atoms with van der Waals surface area (Å²) in [6.07, 6.45) is 2.27. The van der Waals surface area contributed by atoms with Crippen LogP contribution in [0.5, 0.6) is 0 Å². The van der Waals surface area contributed by atoms with Crippen LogP contribution in [0.1, 0.15) is 37.6 Å². The fourth-order valence-corrected chi connectivity index (χ4v) is 2.69. The zero-order valence-electron chi connectivity index (χ0n) is 10.4. The van der Waals surface area contributed by atoms with E-state index in [2.05, 4.69) is 13.8 Å². The van der Waals surface area contributed by atoms with Crippen LogP contribution in [0, 0.1) is 5.92 Å². The molecule has 1 atom stereocenters. The molecule has 1 aromatic rings. The Bertz CT molecular complexity index is 371. The third kappa shape index (κ3) is 3.07. The fraction of sp³-hybridized carbons (Fsp3) is 0.615. The molecule has 1 aliphatic rings. The highest BCUT2D eigenvalue weighted by Crippen LogP contribution is 2.30. The normalized spacial score (nSPS) is 17.2. The SMILES string of the molecule is CC(C)CN(C(=O)C(N)c1cccs1)C1CC1. The third-order valence-corrected chi connectivity index (χ3v) is 3.90. The smallest absolute Gasteiger partial charge is 0.245 e. The summed E-state index contributed by atoms with van der Waals surface area (Å²) in [5, 5.41) is 1.96. The molecular weight excluding hydrogens is 232 g/mol. The van der Waals surface area contributed by atoms with Crippen molar-refractivity contribution in [1.29, 1.82) is 0 Å². The van der Waals surface area contributed by atoms with Crippen molar-refractivity contribution in [3.8, 4) is 0 Å². The monoisotopic (exact) mass is 252 g/mol. The number of amides is 1. The Morgan fingerprint density at radius 1 is 1.59 bits per heavy atom. The number of thiophene rings is 1. The van der Waals surface area contributed by atoms with Gasteiger partial charge in [-0.25, -0.2) is 0 Å². The number of nitrogens with two attached hydrogens (primary N) is 1. The summed E-state index contributed by atoms with van der Waals surface area (Å²) < 4.78 is 0. The van der Waals surface area contributed by atoms with E-state index in [9.17, 15) is 4.79 Å². The average Bonchev–Trinajstić information content (AvgIpc) is 2.98. The summed E-state index contributed by atoms with van der Waals surface area (Å²) in [5.41, 5.74) is 6.04. The summed E-state index contributed by atoms with van der Waals surface area (Å²) in [6.45, 7) is 5.10. The van der Waals surface area contributed by atoms with Crippen LogP contribution in [0.25, 0.3) is 0 Å². The van der Waals surface area contributed by atoms with Gasteiger partial charge in [0.15, 0.2) is 0 Å². The van der Waals surface area contributed by atoms with Gasteiger partial charge in [0.05, 0.1) is 0 Å². The maximum atomic E-state index is 12.4. The Balaban J connectivity index is 2.05. The van der Waals surface area contributed by atoms with Crippen molar-refractivity contribution in [1.82, 2.24) is 4.90 Å². The molecule has 0 bridgehead atoms. The first-order valence-electron chi connectivity index (χ1n) is 6.19. The van der Waals surface area contributed by atoms with E-state index < -0.39 is 6.04 Å². The number of carbonyl (C=O) groups is 1. The molecule has 0 spiro atoms. The predicted octanol–water partition coefficient (Wildman–Crippen LogP) is 2.39. The highest BCUT2D eigenvalue weighted by molar-refractivity contribution is 7.10. The zero-order chi connectivity index (χ0) is 12.4. The van der Waals surface area contributed by atoms with E-state index >= 15 is 0 Å². The van der Waals surface area contributed by atoms with Gasteiger partial charge in [0.2, 0.25) is 5.91 Å². The first-order chi connectivity index (χ1) is 8.09. The van der Waals surface area contributed by atoms with Crippen molar-refractivity contribution >= 4 is 17.2 Å². The predicted molar refractivity (Wildman–Crippen MR) is 70.8 cm³/mol. The van der Waals surface area contributed by atoms with Gasteiger partial charge in [-0.15, -0.1) is 11.3 Å². The highest BCUT2D eigenvalue weighted by atomic mass is 32.1. The average molecular weight is 252 g/mol. The van der Waals surface area contributed by atoms with Crippen LogP contribution in [0.3, 0.4) is 0 Å². The molecular formula is C13H20N2OS. The number of nitrogens with zero attached hydrogens (tertiary/aromatic N) is 1. The fourth-order valence-electron chi connectivity index (χ4n) is 1.97. The molecule has 3 nitrogen and oxygen atoms in total. The second kappa shape index (κ2) is 5.19. The first-order valence-corrected chi connectivity index (χ1v) is 7.07. The second-order valence-corrected chi connectivity index (χ2v) is 6.09. The van der Waals surface area contributed by atoms with Crippen LogP contribution in [-0.4, -0.2) is 23.4 Å². The van der Waals surface area contributed by atoms with Gasteiger partial charge in [-0.2, -0.15) is 0 Å². The van der Waals surface area contributed by atoms with Crippen molar-refractivity contribution in [3.05, 3.63) is 22.4 Å². The summed E-state index contributed by atoms with van der Waals surface area (Å²) in [6, 6.07) is 3.84. The molecule has 1 amide bonds. The lowest BCUT2D eigenvalue weighted by atomic mass is 10.1. The van der Waals surface area contributed by atoms with Crippen molar-refractivity contribution in [2.75, 3.05) is 6.54 Å². The van der Waals surface area contributed by atoms with Crippen LogP contribution in [0.2, 0.25) is 0 Å². The standard InChI is InChI=1S/C13H20N2OS/c1-9(2)8-15(10-5-6-10)13(16)12(14)11-4-3-7-17-11/h3-4,7,9-10,12H,5-6,8,14H2,1-2H3. The minimum Gasteiger partial charge on any atom is -0.338 e. The molecule has 94 valence electrons. The minimum absolute atomic E-state index is 0.0867. The van der Waals surface area contributed by atoms with Crippen LogP contribution >= 0.6 is 11.3 Å². The largest absolute Gasteiger partial charge is 0.338 e. The second-order valence-electron chi connectivity index (χ2n) is 5.11. The van der Waals surface area contributed by atoms with E-state index in [0.29, 0.717) is 12.0 Å². The van der Waals surface area contributed by atoms with Gasteiger partial charge in [-0.1, -0.05) is 19.9 Å². The van der Waals surface area contributed by atoms with E-state index in [1.54, 1.807) is 11.3 Å². The lowest BCUT2D eigenvalue weighted by molar-refractivity contribution is -0.133. The molecule has 1 heterocycles. The maximum absolute atomic E-state index is 12.4. The summed E-state index contributed by atoms with van der Waals surface area (Å²) in [4.78, 5) is 15.3. The van der Waals surface area contributed by atoms with Gasteiger partial charge in [0, 0.05) is 17.5 Å². The van der Waals surface area contributed by atoms with E-state index in [-0.39, 0.29) is 5.91 Å². The zero-order valence-corrected chi connectivity index (χ0v) is 11.2. The number of hydrogen-bond donors (Lipinski definition) is 1. The van der Waals surface area contributed by atoms with Gasteiger partial charge >= 0.3 is 0 Å². The Hall–Kier alpha value is -0.870. The molecule has 1 saturated carbocycles. The Morgan fingerprint density at radius 2 is 2.29 bits per heavy atom. The van der Waals surface area contributed by atoms with Gasteiger partial charge < -0.3 is 10.6 Å². The van der Waals surface area contributed by atoms with Crippen molar-refractivity contribution in [2.45, 2.75) is 38.8 Å². The first kappa shape index (κ1) is 12.6. The summed E-state index contributed by atoms with van der Waals surface area (Å²) in [7, 11) is 0. The lowest BCUT2D eigenvalue weighted by Crippen LogP contribution is -2.41. The highest BCUT2D eigenvalue weighted by Gasteiger charge is 2.35. The quantitative estimate of drug-likeness (QED) is 0.874. The molecule has 1 aromatic heterocycles. The van der Waals surface area contributed by atoms with E-state index in [0.717, 1.165) is 24.3 Å². The Kier molecular flexibility index (Phi) is 3.84. The molecule has 0 aromatic carbocycles. The Morgan fingerprint density at radius 3 is 2.76 bits per heavy atom. The maximum Gasteiger partial charge on any atom is 0.245 e. The third-order valence-electron chi connectivity index (χ3n) is 2.95. The van der Waals surface area contributed by atoms with Crippen molar-refractivity contribution in [3.63, 3.8) is 0 Å². The summed E-state index contributed by atoms with van der Waals surface area (Å²) in [5.74, 6) is 0.582. The van der Waals surface area contributed by atoms with Crippen LogP contribution < -0.4 is 5.73 Å². The van der Waals surface area contributed by atoms with Crippen LogP contribution in [0.15, 0.2) is 17.5 Å². The Labute approximate surface area is 107 Å². The molecule has 1 aliphatic carbocycles. The molecule has 1 unspecified atom stereocenters. The summed E-state index contributed by atoms with van der Waals surface area (Å²) >= 11 is 1.56. The number of rotatable bonds is 5. The van der Waals surface area contributed by atoms with Gasteiger partial charge in [-0.3, -0.25) is 4.79 Å². The topological polar surface area (TPSA) is 46.3 Å².